The van der Waals surface area contributed by atoms with Crippen LogP contribution < -0.4 is 11.1 Å². The predicted molar refractivity (Wildman–Crippen MR) is 58.4 cm³/mol. The van der Waals surface area contributed by atoms with Crippen molar-refractivity contribution in [3.8, 4) is 0 Å². The molecule has 0 spiro atoms. The standard InChI is InChI=1S/C10H18N4O2/c1-4-5-10(3,11)9(15)13-7(2)8-12-6-16-14-8/h6-7H,4-5,11H2,1-3H3,(H,13,15). The number of hydrogen-bond donors (Lipinski definition) is 2. The van der Waals surface area contributed by atoms with Crippen molar-refractivity contribution in [2.45, 2.75) is 45.2 Å². The minimum absolute atomic E-state index is 0.202. The Bertz CT molecular complexity index is 335. The summed E-state index contributed by atoms with van der Waals surface area (Å²) in [5.41, 5.74) is 5.04. The number of rotatable bonds is 5. The molecule has 1 rings (SSSR count). The molecule has 1 aromatic heterocycles. The van der Waals surface area contributed by atoms with Crippen LogP contribution in [0.25, 0.3) is 0 Å². The maximum atomic E-state index is 11.8. The van der Waals surface area contributed by atoms with Gasteiger partial charge in [0.05, 0.1) is 11.6 Å². The first-order valence-electron chi connectivity index (χ1n) is 5.33. The van der Waals surface area contributed by atoms with Crippen LogP contribution in [-0.2, 0) is 4.79 Å². The first-order chi connectivity index (χ1) is 7.47. The van der Waals surface area contributed by atoms with Gasteiger partial charge in [-0.2, -0.15) is 4.98 Å². The van der Waals surface area contributed by atoms with Crippen molar-refractivity contribution in [3.05, 3.63) is 12.2 Å². The number of hydrogen-bond acceptors (Lipinski definition) is 5. The Morgan fingerprint density at radius 1 is 1.75 bits per heavy atom. The van der Waals surface area contributed by atoms with Gasteiger partial charge in [0.2, 0.25) is 12.3 Å². The zero-order valence-electron chi connectivity index (χ0n) is 9.86. The average Bonchev–Trinajstić information content (AvgIpc) is 2.70. The van der Waals surface area contributed by atoms with Crippen LogP contribution in [0.3, 0.4) is 0 Å². The van der Waals surface area contributed by atoms with Crippen molar-refractivity contribution >= 4 is 5.91 Å². The Kier molecular flexibility index (Phi) is 4.00. The van der Waals surface area contributed by atoms with Gasteiger partial charge in [0, 0.05) is 0 Å². The fourth-order valence-electron chi connectivity index (χ4n) is 1.43. The van der Waals surface area contributed by atoms with Gasteiger partial charge in [0.25, 0.3) is 0 Å². The van der Waals surface area contributed by atoms with E-state index in [1.165, 1.54) is 6.39 Å². The lowest BCUT2D eigenvalue weighted by Crippen LogP contribution is -2.52. The molecule has 1 heterocycles. The highest BCUT2D eigenvalue weighted by Crippen LogP contribution is 2.12. The first-order valence-corrected chi connectivity index (χ1v) is 5.33. The van der Waals surface area contributed by atoms with Crippen LogP contribution >= 0.6 is 0 Å². The fourth-order valence-corrected chi connectivity index (χ4v) is 1.43. The van der Waals surface area contributed by atoms with E-state index >= 15 is 0 Å². The summed E-state index contributed by atoms with van der Waals surface area (Å²) in [7, 11) is 0. The molecule has 16 heavy (non-hydrogen) atoms. The Hall–Kier alpha value is -1.43. The summed E-state index contributed by atoms with van der Waals surface area (Å²) < 4.78 is 4.61. The third-order valence-corrected chi connectivity index (χ3v) is 2.40. The lowest BCUT2D eigenvalue weighted by molar-refractivity contribution is -0.126. The molecule has 2 atom stereocenters. The molecule has 1 amide bonds. The summed E-state index contributed by atoms with van der Waals surface area (Å²) >= 11 is 0. The van der Waals surface area contributed by atoms with Crippen LogP contribution in [0.5, 0.6) is 0 Å². The summed E-state index contributed by atoms with van der Waals surface area (Å²) in [4.78, 5) is 15.7. The minimum Gasteiger partial charge on any atom is -0.345 e. The summed E-state index contributed by atoms with van der Waals surface area (Å²) in [5.74, 6) is 0.243. The third-order valence-electron chi connectivity index (χ3n) is 2.40. The van der Waals surface area contributed by atoms with Gasteiger partial charge < -0.3 is 15.6 Å². The molecule has 0 fully saturated rings. The summed E-state index contributed by atoms with van der Waals surface area (Å²) in [6.07, 6.45) is 2.72. The molecule has 0 saturated carbocycles. The molecule has 90 valence electrons. The van der Waals surface area contributed by atoms with Crippen LogP contribution in [0.1, 0.15) is 45.5 Å². The van der Waals surface area contributed by atoms with Gasteiger partial charge in [-0.1, -0.05) is 18.5 Å². The van der Waals surface area contributed by atoms with E-state index in [2.05, 4.69) is 20.0 Å². The van der Waals surface area contributed by atoms with Crippen LogP contribution in [-0.4, -0.2) is 21.6 Å². The average molecular weight is 226 g/mol. The molecule has 0 saturated heterocycles. The van der Waals surface area contributed by atoms with E-state index in [-0.39, 0.29) is 11.9 Å². The van der Waals surface area contributed by atoms with Crippen molar-refractivity contribution in [3.63, 3.8) is 0 Å². The van der Waals surface area contributed by atoms with Crippen molar-refractivity contribution in [2.75, 3.05) is 0 Å². The van der Waals surface area contributed by atoms with E-state index in [0.717, 1.165) is 6.42 Å². The van der Waals surface area contributed by atoms with Crippen molar-refractivity contribution in [1.29, 1.82) is 0 Å². The van der Waals surface area contributed by atoms with Crippen LogP contribution in [0, 0.1) is 0 Å². The van der Waals surface area contributed by atoms with E-state index in [0.29, 0.717) is 12.2 Å². The number of nitrogens with zero attached hydrogens (tertiary/aromatic N) is 2. The molecule has 0 aliphatic carbocycles. The minimum atomic E-state index is -0.854. The molecule has 6 heteroatoms. The van der Waals surface area contributed by atoms with Crippen LogP contribution in [0.4, 0.5) is 0 Å². The zero-order valence-corrected chi connectivity index (χ0v) is 9.86. The number of nitrogens with one attached hydrogen (secondary N) is 1. The quantitative estimate of drug-likeness (QED) is 0.773. The summed E-state index contributed by atoms with van der Waals surface area (Å²) in [5, 5.41) is 6.41. The number of amides is 1. The first kappa shape index (κ1) is 12.6. The molecule has 0 aliphatic rings. The molecule has 0 aliphatic heterocycles. The topological polar surface area (TPSA) is 94.0 Å². The number of carbonyl (C=O) groups is 1. The van der Waals surface area contributed by atoms with Gasteiger partial charge in [-0.3, -0.25) is 4.79 Å². The maximum absolute atomic E-state index is 11.8. The summed E-state index contributed by atoms with van der Waals surface area (Å²) in [6.45, 7) is 5.49. The molecule has 2 unspecified atom stereocenters. The van der Waals surface area contributed by atoms with Gasteiger partial charge in [-0.15, -0.1) is 0 Å². The Labute approximate surface area is 94.6 Å². The second-order valence-electron chi connectivity index (χ2n) is 4.15. The maximum Gasteiger partial charge on any atom is 0.240 e. The molecule has 1 aromatic rings. The van der Waals surface area contributed by atoms with Gasteiger partial charge in [-0.05, 0) is 20.3 Å². The number of carbonyl (C=O) groups excluding carboxylic acids is 1. The van der Waals surface area contributed by atoms with Gasteiger partial charge in [-0.25, -0.2) is 0 Å². The van der Waals surface area contributed by atoms with E-state index in [1.807, 2.05) is 6.92 Å². The van der Waals surface area contributed by atoms with E-state index in [4.69, 9.17) is 5.73 Å². The van der Waals surface area contributed by atoms with Crippen molar-refractivity contribution in [1.82, 2.24) is 15.5 Å². The Morgan fingerprint density at radius 3 is 2.94 bits per heavy atom. The highest BCUT2D eigenvalue weighted by atomic mass is 16.5. The van der Waals surface area contributed by atoms with E-state index < -0.39 is 5.54 Å². The second-order valence-corrected chi connectivity index (χ2v) is 4.15. The number of aromatic nitrogens is 2. The molecule has 0 bridgehead atoms. The lowest BCUT2D eigenvalue weighted by Gasteiger charge is -2.24. The Balaban J connectivity index is 2.57. The van der Waals surface area contributed by atoms with Crippen molar-refractivity contribution in [2.24, 2.45) is 5.73 Å². The lowest BCUT2D eigenvalue weighted by atomic mass is 9.96. The highest BCUT2D eigenvalue weighted by Gasteiger charge is 2.29. The monoisotopic (exact) mass is 226 g/mol. The van der Waals surface area contributed by atoms with Gasteiger partial charge >= 0.3 is 0 Å². The molecular weight excluding hydrogens is 208 g/mol. The SMILES string of the molecule is CCCC(C)(N)C(=O)NC(C)c1ncon1. The molecular formula is C10H18N4O2. The van der Waals surface area contributed by atoms with Crippen LogP contribution in [0.2, 0.25) is 0 Å². The van der Waals surface area contributed by atoms with Gasteiger partial charge in [0.15, 0.2) is 5.82 Å². The highest BCUT2D eigenvalue weighted by molar-refractivity contribution is 5.85. The molecule has 0 aromatic carbocycles. The Morgan fingerprint density at radius 2 is 2.44 bits per heavy atom. The zero-order chi connectivity index (χ0) is 12.2. The largest absolute Gasteiger partial charge is 0.345 e. The van der Waals surface area contributed by atoms with E-state index in [9.17, 15) is 4.79 Å². The molecule has 6 nitrogen and oxygen atoms in total. The molecule has 3 N–H and O–H groups in total. The summed E-state index contributed by atoms with van der Waals surface area (Å²) in [6, 6.07) is -0.300. The smallest absolute Gasteiger partial charge is 0.240 e. The van der Waals surface area contributed by atoms with Crippen LogP contribution in [0.15, 0.2) is 10.9 Å². The fraction of sp³-hybridized carbons (Fsp3) is 0.700. The molecule has 0 radical (unpaired) electrons. The van der Waals surface area contributed by atoms with Crippen molar-refractivity contribution < 1.29 is 9.32 Å². The van der Waals surface area contributed by atoms with Gasteiger partial charge in [0.1, 0.15) is 0 Å². The van der Waals surface area contributed by atoms with E-state index in [1.54, 1.807) is 13.8 Å². The predicted octanol–water partition coefficient (Wildman–Crippen LogP) is 0.764. The normalized spacial score (nSPS) is 16.5. The second kappa shape index (κ2) is 5.07. The third kappa shape index (κ3) is 3.03. The number of nitrogens with two attached hydrogens (primary N) is 1.